The van der Waals surface area contributed by atoms with E-state index in [2.05, 4.69) is 15.3 Å². The number of likely N-dealkylation sites (N-methyl/N-ethyl adjacent to an activating group) is 1. The Balaban J connectivity index is 1.38. The van der Waals surface area contributed by atoms with Crippen LogP contribution < -0.4 is 5.32 Å². The summed E-state index contributed by atoms with van der Waals surface area (Å²) in [6, 6.07) is 5.48. The molecule has 1 saturated heterocycles. The second-order valence-electron chi connectivity index (χ2n) is 6.13. The molecule has 25 heavy (non-hydrogen) atoms. The number of halogens is 1. The third-order valence-corrected chi connectivity index (χ3v) is 4.30. The Hall–Kier alpha value is -1.83. The van der Waals surface area contributed by atoms with E-state index in [4.69, 9.17) is 21.1 Å². The number of hydrogen-bond donors (Lipinski definition) is 2. The van der Waals surface area contributed by atoms with Crippen LogP contribution >= 0.6 is 11.6 Å². The van der Waals surface area contributed by atoms with Gasteiger partial charge >= 0.3 is 6.03 Å². The van der Waals surface area contributed by atoms with E-state index in [0.717, 1.165) is 29.7 Å². The van der Waals surface area contributed by atoms with E-state index < -0.39 is 0 Å². The van der Waals surface area contributed by atoms with Gasteiger partial charge in [-0.3, -0.25) is 0 Å². The van der Waals surface area contributed by atoms with Crippen LogP contribution in [0.3, 0.4) is 0 Å². The Kier molecular flexibility index (Phi) is 6.12. The molecule has 2 aromatic rings. The highest BCUT2D eigenvalue weighted by Gasteiger charge is 2.19. The van der Waals surface area contributed by atoms with Gasteiger partial charge in [0.05, 0.1) is 43.5 Å². The number of carbonyl (C=O) groups excluding carboxylic acids is 1. The molecule has 1 atom stereocenters. The Labute approximate surface area is 151 Å². The molecule has 0 bridgehead atoms. The van der Waals surface area contributed by atoms with Crippen LogP contribution in [0.2, 0.25) is 5.02 Å². The summed E-state index contributed by atoms with van der Waals surface area (Å²) < 4.78 is 10.9. The highest BCUT2D eigenvalue weighted by Crippen LogP contribution is 2.17. The number of urea groups is 1. The molecule has 7 nitrogen and oxygen atoms in total. The van der Waals surface area contributed by atoms with E-state index in [-0.39, 0.29) is 12.1 Å². The molecule has 1 aliphatic rings. The number of aromatic amines is 1. The number of benzene rings is 1. The Morgan fingerprint density at radius 3 is 3.16 bits per heavy atom. The molecule has 1 aliphatic heterocycles. The van der Waals surface area contributed by atoms with Gasteiger partial charge in [0, 0.05) is 25.0 Å². The smallest absolute Gasteiger partial charge is 0.317 e. The minimum Gasteiger partial charge on any atom is -0.376 e. The fourth-order valence-corrected chi connectivity index (χ4v) is 2.94. The summed E-state index contributed by atoms with van der Waals surface area (Å²) in [7, 11) is 1.76. The molecule has 1 fully saturated rings. The molecule has 2 amide bonds. The van der Waals surface area contributed by atoms with E-state index in [1.165, 1.54) is 0 Å². The van der Waals surface area contributed by atoms with Gasteiger partial charge in [-0.2, -0.15) is 0 Å². The first-order valence-corrected chi connectivity index (χ1v) is 8.82. The number of aryl methyl sites for hydroxylation is 1. The maximum Gasteiger partial charge on any atom is 0.317 e. The standard InChI is InChI=1S/C17H23ClN4O3/c1-22(10-13-11-24-7-8-25-13)17(23)19-6-2-3-16-20-14-5-4-12(18)9-15(14)21-16/h4-5,9,13H,2-3,6-8,10-11H2,1H3,(H,19,23)(H,20,21)/t13-/m1/s1. The molecule has 0 saturated carbocycles. The maximum atomic E-state index is 12.1. The first kappa shape index (κ1) is 18.0. The minimum atomic E-state index is -0.106. The zero-order chi connectivity index (χ0) is 17.6. The summed E-state index contributed by atoms with van der Waals surface area (Å²) in [6.45, 7) is 2.86. The van der Waals surface area contributed by atoms with Crippen molar-refractivity contribution in [2.75, 3.05) is 40.0 Å². The third kappa shape index (κ3) is 5.07. The van der Waals surface area contributed by atoms with E-state index in [9.17, 15) is 4.79 Å². The molecule has 8 heteroatoms. The first-order valence-electron chi connectivity index (χ1n) is 8.44. The summed E-state index contributed by atoms with van der Waals surface area (Å²) >= 11 is 5.97. The summed E-state index contributed by atoms with van der Waals surface area (Å²) in [5, 5.41) is 3.60. The largest absolute Gasteiger partial charge is 0.376 e. The number of carbonyl (C=O) groups is 1. The monoisotopic (exact) mass is 366 g/mol. The molecule has 2 N–H and O–H groups in total. The van der Waals surface area contributed by atoms with Crippen molar-refractivity contribution in [3.63, 3.8) is 0 Å². The van der Waals surface area contributed by atoms with Crippen molar-refractivity contribution in [1.29, 1.82) is 0 Å². The fourth-order valence-electron chi connectivity index (χ4n) is 2.77. The van der Waals surface area contributed by atoms with Crippen molar-refractivity contribution < 1.29 is 14.3 Å². The summed E-state index contributed by atoms with van der Waals surface area (Å²) in [6.07, 6.45) is 1.51. The Morgan fingerprint density at radius 2 is 2.36 bits per heavy atom. The number of nitrogens with one attached hydrogen (secondary N) is 2. The molecule has 0 spiro atoms. The van der Waals surface area contributed by atoms with Crippen molar-refractivity contribution in [3.8, 4) is 0 Å². The van der Waals surface area contributed by atoms with Gasteiger partial charge in [0.1, 0.15) is 5.82 Å². The zero-order valence-corrected chi connectivity index (χ0v) is 15.0. The van der Waals surface area contributed by atoms with Crippen LogP contribution in [0.1, 0.15) is 12.2 Å². The number of ether oxygens (including phenoxy) is 2. The predicted octanol–water partition coefficient (Wildman–Crippen LogP) is 2.21. The molecule has 1 aromatic heterocycles. The lowest BCUT2D eigenvalue weighted by molar-refractivity contribution is -0.0928. The van der Waals surface area contributed by atoms with E-state index in [1.54, 1.807) is 11.9 Å². The van der Waals surface area contributed by atoms with Crippen molar-refractivity contribution >= 4 is 28.7 Å². The van der Waals surface area contributed by atoms with Gasteiger partial charge in [-0.05, 0) is 24.6 Å². The molecule has 136 valence electrons. The number of aromatic nitrogens is 2. The van der Waals surface area contributed by atoms with Gasteiger partial charge in [-0.25, -0.2) is 9.78 Å². The topological polar surface area (TPSA) is 79.5 Å². The highest BCUT2D eigenvalue weighted by atomic mass is 35.5. The first-order chi connectivity index (χ1) is 12.1. The molecule has 1 aromatic carbocycles. The molecular weight excluding hydrogens is 344 g/mol. The molecule has 3 rings (SSSR count). The maximum absolute atomic E-state index is 12.1. The number of hydrogen-bond acceptors (Lipinski definition) is 4. The number of imidazole rings is 1. The Bertz CT molecular complexity index is 715. The van der Waals surface area contributed by atoms with Crippen LogP contribution in [-0.2, 0) is 15.9 Å². The van der Waals surface area contributed by atoms with Crippen molar-refractivity contribution in [1.82, 2.24) is 20.2 Å². The number of H-pyrrole nitrogens is 1. The van der Waals surface area contributed by atoms with Crippen molar-refractivity contribution in [3.05, 3.63) is 29.0 Å². The number of nitrogens with zero attached hydrogens (tertiary/aromatic N) is 2. The summed E-state index contributed by atoms with van der Waals surface area (Å²) in [4.78, 5) is 21.5. The lowest BCUT2D eigenvalue weighted by atomic mass is 10.3. The minimum absolute atomic E-state index is 0.0492. The molecule has 0 unspecified atom stereocenters. The normalized spacial score (nSPS) is 17.6. The van der Waals surface area contributed by atoms with Gasteiger partial charge in [0.15, 0.2) is 0 Å². The van der Waals surface area contributed by atoms with Crippen molar-refractivity contribution in [2.24, 2.45) is 0 Å². The lowest BCUT2D eigenvalue weighted by Gasteiger charge is -2.27. The zero-order valence-electron chi connectivity index (χ0n) is 14.3. The van der Waals surface area contributed by atoms with E-state index in [1.807, 2.05) is 18.2 Å². The predicted molar refractivity (Wildman–Crippen MR) is 96.0 cm³/mol. The van der Waals surface area contributed by atoms with Crippen LogP contribution in [0.15, 0.2) is 18.2 Å². The number of fused-ring (bicyclic) bond motifs is 1. The van der Waals surface area contributed by atoms with Gasteiger partial charge in [-0.1, -0.05) is 11.6 Å². The fraction of sp³-hybridized carbons (Fsp3) is 0.529. The van der Waals surface area contributed by atoms with Crippen LogP contribution in [-0.4, -0.2) is 67.0 Å². The van der Waals surface area contributed by atoms with Crippen LogP contribution in [0, 0.1) is 0 Å². The Morgan fingerprint density at radius 1 is 1.48 bits per heavy atom. The second-order valence-corrected chi connectivity index (χ2v) is 6.57. The SMILES string of the molecule is CN(C[C@@H]1COCCO1)C(=O)NCCCc1nc2ccc(Cl)cc2[nH]1. The van der Waals surface area contributed by atoms with E-state index in [0.29, 0.717) is 37.9 Å². The molecule has 0 radical (unpaired) electrons. The third-order valence-electron chi connectivity index (χ3n) is 4.07. The number of rotatable bonds is 6. The second kappa shape index (κ2) is 8.51. The van der Waals surface area contributed by atoms with Gasteiger partial charge in [-0.15, -0.1) is 0 Å². The average Bonchev–Trinajstić information content (AvgIpc) is 3.01. The quantitative estimate of drug-likeness (QED) is 0.768. The highest BCUT2D eigenvalue weighted by molar-refractivity contribution is 6.31. The lowest BCUT2D eigenvalue weighted by Crippen LogP contribution is -2.45. The van der Waals surface area contributed by atoms with Crippen molar-refractivity contribution in [2.45, 2.75) is 18.9 Å². The van der Waals surface area contributed by atoms with Gasteiger partial charge in [0.25, 0.3) is 0 Å². The molecule has 2 heterocycles. The average molecular weight is 367 g/mol. The molecular formula is C17H23ClN4O3. The number of amides is 2. The molecule has 0 aliphatic carbocycles. The van der Waals surface area contributed by atoms with Crippen LogP contribution in [0.5, 0.6) is 0 Å². The van der Waals surface area contributed by atoms with Gasteiger partial charge < -0.3 is 24.7 Å². The van der Waals surface area contributed by atoms with Gasteiger partial charge in [0.2, 0.25) is 0 Å². The summed E-state index contributed by atoms with van der Waals surface area (Å²) in [5.41, 5.74) is 1.83. The summed E-state index contributed by atoms with van der Waals surface area (Å²) in [5.74, 6) is 0.896. The van der Waals surface area contributed by atoms with Crippen LogP contribution in [0.4, 0.5) is 4.79 Å². The van der Waals surface area contributed by atoms with E-state index >= 15 is 0 Å². The van der Waals surface area contributed by atoms with Crippen LogP contribution in [0.25, 0.3) is 11.0 Å².